The molecule has 0 aliphatic carbocycles. The molecule has 10 heteroatoms. The van der Waals surface area contributed by atoms with Gasteiger partial charge in [-0.05, 0) is 55.0 Å². The van der Waals surface area contributed by atoms with Crippen molar-refractivity contribution < 1.29 is 33.8 Å². The third-order valence-electron chi connectivity index (χ3n) is 10.6. The first kappa shape index (κ1) is 34.4. The maximum absolute atomic E-state index is 15.3. The van der Waals surface area contributed by atoms with E-state index in [2.05, 4.69) is 5.32 Å². The molecule has 1 spiro atoms. The minimum Gasteiger partial charge on any atom is -0.463 e. The zero-order valence-electron chi connectivity index (χ0n) is 28.8. The molecule has 51 heavy (non-hydrogen) atoms. The minimum atomic E-state index is -1.45. The van der Waals surface area contributed by atoms with Crippen LogP contribution in [0.2, 0.25) is 0 Å². The first-order chi connectivity index (χ1) is 24.7. The van der Waals surface area contributed by atoms with Crippen molar-refractivity contribution in [2.75, 3.05) is 24.7 Å². The summed E-state index contributed by atoms with van der Waals surface area (Å²) in [7, 11) is 0. The largest absolute Gasteiger partial charge is 0.463 e. The maximum atomic E-state index is 15.3. The highest BCUT2D eigenvalue weighted by molar-refractivity contribution is 6.06. The number of allylic oxidation sites excluding steroid dienone is 1. The molecule has 2 N–H and O–H groups in total. The maximum Gasteiger partial charge on any atom is 0.306 e. The van der Waals surface area contributed by atoms with E-state index in [1.165, 1.54) is 4.90 Å². The Labute approximate surface area is 297 Å². The van der Waals surface area contributed by atoms with Crippen LogP contribution in [0.25, 0.3) is 0 Å². The summed E-state index contributed by atoms with van der Waals surface area (Å²) >= 11 is 0. The number of esters is 1. The molecule has 7 atom stereocenters. The Morgan fingerprint density at radius 2 is 1.69 bits per heavy atom. The normalized spacial score (nSPS) is 29.1. The number of nitrogens with zero attached hydrogens (tertiary/aromatic N) is 2. The van der Waals surface area contributed by atoms with E-state index in [0.717, 1.165) is 22.3 Å². The lowest BCUT2D eigenvalue weighted by Crippen LogP contribution is -2.59. The Hall–Kier alpha value is -5.06. The average molecular weight is 690 g/mol. The molecule has 2 fully saturated rings. The van der Waals surface area contributed by atoms with Crippen molar-refractivity contribution >= 4 is 29.4 Å². The molecule has 10 nitrogen and oxygen atoms in total. The van der Waals surface area contributed by atoms with Crippen molar-refractivity contribution in [2.45, 2.75) is 62.9 Å². The Balaban J connectivity index is 1.35. The number of aryl methyl sites for hydroxylation is 2. The smallest absolute Gasteiger partial charge is 0.306 e. The predicted molar refractivity (Wildman–Crippen MR) is 190 cm³/mol. The van der Waals surface area contributed by atoms with Crippen LogP contribution in [0.4, 0.5) is 5.69 Å². The van der Waals surface area contributed by atoms with Crippen LogP contribution in [0.15, 0.2) is 103 Å². The van der Waals surface area contributed by atoms with Gasteiger partial charge in [0.15, 0.2) is 0 Å². The summed E-state index contributed by atoms with van der Waals surface area (Å²) in [4.78, 5) is 60.6. The molecule has 0 unspecified atom stereocenters. The van der Waals surface area contributed by atoms with E-state index in [1.807, 2.05) is 105 Å². The fourth-order valence-corrected chi connectivity index (χ4v) is 8.10. The van der Waals surface area contributed by atoms with Gasteiger partial charge in [0.25, 0.3) is 5.91 Å². The molecule has 7 rings (SSSR count). The number of anilines is 1. The van der Waals surface area contributed by atoms with Crippen LogP contribution in [-0.4, -0.2) is 77.2 Å². The van der Waals surface area contributed by atoms with Gasteiger partial charge in [0.05, 0.1) is 36.6 Å². The third-order valence-corrected chi connectivity index (χ3v) is 10.6. The van der Waals surface area contributed by atoms with Gasteiger partial charge in [-0.3, -0.25) is 19.2 Å². The molecule has 0 saturated carbocycles. The minimum absolute atomic E-state index is 0.0898. The molecule has 4 aliphatic rings. The Morgan fingerprint density at radius 1 is 0.941 bits per heavy atom. The Kier molecular flexibility index (Phi) is 9.63. The van der Waals surface area contributed by atoms with E-state index < -0.39 is 66.1 Å². The zero-order valence-corrected chi connectivity index (χ0v) is 28.8. The van der Waals surface area contributed by atoms with E-state index in [9.17, 15) is 19.5 Å². The summed E-state index contributed by atoms with van der Waals surface area (Å²) in [5.41, 5.74) is 2.67. The molecule has 4 heterocycles. The summed E-state index contributed by atoms with van der Waals surface area (Å²) in [6, 6.07) is 22.0. The van der Waals surface area contributed by atoms with Gasteiger partial charge in [-0.2, -0.15) is 0 Å². The topological polar surface area (TPSA) is 125 Å². The van der Waals surface area contributed by atoms with Crippen molar-refractivity contribution in [1.29, 1.82) is 0 Å². The lowest BCUT2D eigenvalue weighted by atomic mass is 9.74. The number of aliphatic hydroxyl groups is 1. The summed E-state index contributed by atoms with van der Waals surface area (Å²) in [5.74, 6) is -3.65. The second-order valence-corrected chi connectivity index (χ2v) is 13.9. The second-order valence-electron chi connectivity index (χ2n) is 13.9. The molecule has 5 bridgehead atoms. The summed E-state index contributed by atoms with van der Waals surface area (Å²) in [6.07, 6.45) is 7.30. The van der Waals surface area contributed by atoms with E-state index in [1.54, 1.807) is 17.1 Å². The fourth-order valence-electron chi connectivity index (χ4n) is 8.10. The lowest BCUT2D eigenvalue weighted by Gasteiger charge is -2.39. The molecule has 4 aliphatic heterocycles. The number of benzene rings is 3. The summed E-state index contributed by atoms with van der Waals surface area (Å²) in [5, 5.41) is 14.0. The van der Waals surface area contributed by atoms with E-state index >= 15 is 4.79 Å². The number of nitrogens with one attached hydrogen (secondary N) is 1. The number of ether oxygens (including phenoxy) is 2. The van der Waals surface area contributed by atoms with Gasteiger partial charge in [-0.15, -0.1) is 0 Å². The Morgan fingerprint density at radius 3 is 2.43 bits per heavy atom. The molecule has 264 valence electrons. The van der Waals surface area contributed by atoms with E-state index in [0.29, 0.717) is 18.5 Å². The van der Waals surface area contributed by atoms with Gasteiger partial charge >= 0.3 is 5.97 Å². The summed E-state index contributed by atoms with van der Waals surface area (Å²) in [6.45, 7) is 3.55. The van der Waals surface area contributed by atoms with Gasteiger partial charge < -0.3 is 29.7 Å². The lowest BCUT2D eigenvalue weighted by molar-refractivity contribution is -0.146. The molecule has 0 radical (unpaired) electrons. The molecular weight excluding hydrogens is 646 g/mol. The SMILES string of the molecule is Cc1ccc(C)c(N2C/C=C\CCC(=O)OC[C@H](c3ccccc3)NC(=O)[C@@H]3[C@H]4C(=O)N([C@@H](CO)Cc5ccccc5)[C@H](C2=O)[C@]42C=C[C@H]3O2)c1. The average Bonchev–Trinajstić information content (AvgIpc) is 3.79. The number of rotatable bonds is 6. The van der Waals surface area contributed by atoms with Gasteiger partial charge in [0.2, 0.25) is 11.8 Å². The van der Waals surface area contributed by atoms with Crippen molar-refractivity contribution in [3.8, 4) is 0 Å². The fraction of sp³-hybridized carbons (Fsp3) is 0.366. The van der Waals surface area contributed by atoms with Crippen LogP contribution in [-0.2, 0) is 35.1 Å². The second kappa shape index (κ2) is 14.3. The zero-order chi connectivity index (χ0) is 35.7. The Bertz CT molecular complexity index is 1860. The molecule has 2 saturated heterocycles. The predicted octanol–water partition coefficient (Wildman–Crippen LogP) is 4.14. The van der Waals surface area contributed by atoms with Crippen molar-refractivity contribution in [3.05, 3.63) is 125 Å². The highest BCUT2D eigenvalue weighted by Gasteiger charge is 2.74. The van der Waals surface area contributed by atoms with Crippen LogP contribution >= 0.6 is 0 Å². The number of carbonyl (C=O) groups excluding carboxylic acids is 4. The monoisotopic (exact) mass is 689 g/mol. The highest BCUT2D eigenvalue weighted by Crippen LogP contribution is 2.56. The number of likely N-dealkylation sites (tertiary alicyclic amines) is 1. The molecule has 3 amide bonds. The van der Waals surface area contributed by atoms with E-state index in [4.69, 9.17) is 9.47 Å². The quantitative estimate of drug-likeness (QED) is 0.295. The first-order valence-electron chi connectivity index (χ1n) is 17.6. The number of cyclic esters (lactones) is 1. The third kappa shape index (κ3) is 6.38. The van der Waals surface area contributed by atoms with Crippen LogP contribution in [0.1, 0.15) is 41.1 Å². The number of hydrogen-bond acceptors (Lipinski definition) is 7. The van der Waals surface area contributed by atoms with Gasteiger partial charge in [0.1, 0.15) is 18.2 Å². The van der Waals surface area contributed by atoms with Crippen molar-refractivity contribution in [3.63, 3.8) is 0 Å². The molecule has 3 aromatic rings. The number of carbonyl (C=O) groups is 4. The van der Waals surface area contributed by atoms with Crippen LogP contribution in [0.3, 0.4) is 0 Å². The van der Waals surface area contributed by atoms with Gasteiger partial charge in [-0.1, -0.05) is 97.1 Å². The van der Waals surface area contributed by atoms with Crippen LogP contribution in [0.5, 0.6) is 0 Å². The van der Waals surface area contributed by atoms with E-state index in [-0.39, 0.29) is 25.5 Å². The molecule has 3 aromatic carbocycles. The van der Waals surface area contributed by atoms with Gasteiger partial charge in [0, 0.05) is 18.7 Å². The number of hydrogen-bond donors (Lipinski definition) is 2. The summed E-state index contributed by atoms with van der Waals surface area (Å²) < 4.78 is 12.3. The highest BCUT2D eigenvalue weighted by atomic mass is 16.5. The molecule has 0 aromatic heterocycles. The van der Waals surface area contributed by atoms with Crippen molar-refractivity contribution in [2.24, 2.45) is 11.8 Å². The van der Waals surface area contributed by atoms with Crippen LogP contribution < -0.4 is 10.2 Å². The van der Waals surface area contributed by atoms with Crippen LogP contribution in [0, 0.1) is 25.7 Å². The number of aliphatic hydroxyl groups excluding tert-OH is 1. The number of amides is 3. The first-order valence-corrected chi connectivity index (χ1v) is 17.6. The molecular formula is C41H43N3O7. The van der Waals surface area contributed by atoms with Crippen molar-refractivity contribution in [1.82, 2.24) is 10.2 Å². The van der Waals surface area contributed by atoms with Gasteiger partial charge in [-0.25, -0.2) is 0 Å². The standard InChI is InChI=1S/C41H43N3O7/c1-26-17-18-27(2)32(22-26)43-21-11-5-10-16-34(46)50-25-31(29-14-8-4-9-15-29)42-38(47)35-33-19-20-41(51-33)36(35)39(48)44(37(41)40(43)49)30(24-45)23-28-12-6-3-7-13-28/h3-9,11-15,17-20,22,30-31,33,35-37,45H,10,16,21,23-25H2,1-2H3,(H,42,47)/b11-5-/t30-,31-,33-,35+,36+,37-,41+/m1/s1. The number of fused-ring (bicyclic) bond motifs is 2.